The van der Waals surface area contributed by atoms with Crippen LogP contribution in [0.5, 0.6) is 5.88 Å². The Bertz CT molecular complexity index is 1030. The fourth-order valence-electron chi connectivity index (χ4n) is 4.17. The van der Waals surface area contributed by atoms with Gasteiger partial charge in [0.2, 0.25) is 0 Å². The van der Waals surface area contributed by atoms with Crippen LogP contribution in [0.15, 0.2) is 41.4 Å². The molecule has 2 heterocycles. The number of piperidine rings is 1. The van der Waals surface area contributed by atoms with Crippen molar-refractivity contribution in [3.63, 3.8) is 0 Å². The summed E-state index contributed by atoms with van der Waals surface area (Å²) in [6.45, 7) is 6.05. The molecule has 146 valence electrons. The summed E-state index contributed by atoms with van der Waals surface area (Å²) in [5, 5.41) is 10.3. The highest BCUT2D eigenvalue weighted by Gasteiger charge is 2.23. The lowest BCUT2D eigenvalue weighted by atomic mass is 9.91. The molecule has 3 aromatic rings. The zero-order valence-electron chi connectivity index (χ0n) is 15.9. The van der Waals surface area contributed by atoms with Crippen molar-refractivity contribution in [3.05, 3.63) is 53.6 Å². The predicted molar refractivity (Wildman–Crippen MR) is 109 cm³/mol. The lowest BCUT2D eigenvalue weighted by Crippen LogP contribution is -2.39. The highest BCUT2D eigenvalue weighted by atomic mass is 19.1. The van der Waals surface area contributed by atoms with Crippen molar-refractivity contribution in [2.45, 2.75) is 20.3 Å². The smallest absolute Gasteiger partial charge is 0.198 e. The van der Waals surface area contributed by atoms with E-state index in [1.807, 2.05) is 0 Å². The topological polar surface area (TPSA) is 51.6 Å². The molecular formula is C22H23F2N3O. The minimum atomic E-state index is -0.453. The van der Waals surface area contributed by atoms with Crippen molar-refractivity contribution >= 4 is 28.5 Å². The highest BCUT2D eigenvalue weighted by Crippen LogP contribution is 2.31. The van der Waals surface area contributed by atoms with E-state index in [9.17, 15) is 13.9 Å². The van der Waals surface area contributed by atoms with Crippen LogP contribution in [0.2, 0.25) is 0 Å². The zero-order chi connectivity index (χ0) is 19.8. The Labute approximate surface area is 162 Å². The molecule has 4 rings (SSSR count). The third-order valence-corrected chi connectivity index (χ3v) is 5.27. The summed E-state index contributed by atoms with van der Waals surface area (Å²) in [4.78, 5) is 9.05. The van der Waals surface area contributed by atoms with E-state index in [-0.39, 0.29) is 22.6 Å². The minimum absolute atomic E-state index is 0.169. The number of anilines is 1. The van der Waals surface area contributed by atoms with E-state index in [0.717, 1.165) is 19.5 Å². The fraction of sp³-hybridized carbons (Fsp3) is 0.318. The maximum atomic E-state index is 14.7. The van der Waals surface area contributed by atoms with Gasteiger partial charge in [-0.2, -0.15) is 0 Å². The van der Waals surface area contributed by atoms with E-state index in [0.29, 0.717) is 28.7 Å². The summed E-state index contributed by atoms with van der Waals surface area (Å²) < 4.78 is 28.8. The lowest BCUT2D eigenvalue weighted by molar-refractivity contribution is 0.354. The van der Waals surface area contributed by atoms with Gasteiger partial charge >= 0.3 is 0 Å². The number of aliphatic imine (C=N–C) groups is 1. The number of H-pyrrole nitrogens is 1. The molecule has 1 fully saturated rings. The van der Waals surface area contributed by atoms with Crippen molar-refractivity contribution < 1.29 is 13.9 Å². The molecular weight excluding hydrogens is 360 g/mol. The quantitative estimate of drug-likeness (QED) is 0.596. The molecule has 1 aliphatic heterocycles. The number of nitrogens with zero attached hydrogens (tertiary/aromatic N) is 2. The van der Waals surface area contributed by atoms with Gasteiger partial charge in [0.25, 0.3) is 0 Å². The highest BCUT2D eigenvalue weighted by molar-refractivity contribution is 6.02. The van der Waals surface area contributed by atoms with E-state index in [1.54, 1.807) is 24.3 Å². The number of aromatic hydroxyl groups is 1. The van der Waals surface area contributed by atoms with E-state index in [4.69, 9.17) is 0 Å². The summed E-state index contributed by atoms with van der Waals surface area (Å²) in [6, 6.07) is 9.40. The van der Waals surface area contributed by atoms with Crippen LogP contribution in [-0.2, 0) is 0 Å². The van der Waals surface area contributed by atoms with Crippen LogP contribution < -0.4 is 4.90 Å². The number of aromatic nitrogens is 1. The Kier molecular flexibility index (Phi) is 4.79. The first-order valence-corrected chi connectivity index (χ1v) is 9.50. The van der Waals surface area contributed by atoms with Crippen LogP contribution >= 0.6 is 0 Å². The number of halogens is 2. The van der Waals surface area contributed by atoms with Crippen LogP contribution in [0.4, 0.5) is 20.2 Å². The second-order valence-corrected chi connectivity index (χ2v) is 7.79. The Balaban J connectivity index is 1.62. The van der Waals surface area contributed by atoms with Gasteiger partial charge in [-0.05, 0) is 42.5 Å². The molecule has 6 heteroatoms. The first-order valence-electron chi connectivity index (χ1n) is 9.50. The molecule has 0 saturated carbocycles. The number of aromatic amines is 1. The van der Waals surface area contributed by atoms with Gasteiger partial charge in [0.1, 0.15) is 11.6 Å². The van der Waals surface area contributed by atoms with E-state index in [2.05, 4.69) is 28.7 Å². The van der Waals surface area contributed by atoms with Gasteiger partial charge in [0.05, 0.1) is 22.5 Å². The molecule has 1 saturated heterocycles. The van der Waals surface area contributed by atoms with Crippen molar-refractivity contribution in [3.8, 4) is 5.88 Å². The molecule has 4 nitrogen and oxygen atoms in total. The molecule has 2 N–H and O–H groups in total. The second-order valence-electron chi connectivity index (χ2n) is 7.79. The minimum Gasteiger partial charge on any atom is -0.494 e. The van der Waals surface area contributed by atoms with Crippen molar-refractivity contribution in [2.24, 2.45) is 16.8 Å². The average molecular weight is 383 g/mol. The van der Waals surface area contributed by atoms with Crippen LogP contribution in [0, 0.1) is 23.5 Å². The van der Waals surface area contributed by atoms with Gasteiger partial charge < -0.3 is 15.0 Å². The number of hydrogen-bond donors (Lipinski definition) is 2. The van der Waals surface area contributed by atoms with Gasteiger partial charge in [-0.25, -0.2) is 8.78 Å². The standard InChI is InChI=1S/C22H23F2N3O/c1-13-8-14(2)12-27(11-13)20-7-6-15(9-18(20)24)25-10-16-21-17(23)4-3-5-19(21)26-22(16)28/h3-7,9-10,13-14,26,28H,8,11-12H2,1-2H3. The van der Waals surface area contributed by atoms with Crippen LogP contribution in [0.1, 0.15) is 25.8 Å². The molecule has 0 spiro atoms. The Morgan fingerprint density at radius 2 is 1.86 bits per heavy atom. The maximum Gasteiger partial charge on any atom is 0.198 e. The molecule has 2 atom stereocenters. The Morgan fingerprint density at radius 3 is 2.57 bits per heavy atom. The molecule has 1 aromatic heterocycles. The first-order chi connectivity index (χ1) is 13.4. The summed E-state index contributed by atoms with van der Waals surface area (Å²) in [5.74, 6) is 0.106. The third-order valence-electron chi connectivity index (χ3n) is 5.27. The second kappa shape index (κ2) is 7.26. The SMILES string of the molecule is CC1CC(C)CN(c2ccc(N=Cc3c(O)[nH]c4cccc(F)c34)cc2F)C1. The van der Waals surface area contributed by atoms with Gasteiger partial charge in [-0.3, -0.25) is 4.99 Å². The maximum absolute atomic E-state index is 14.7. The van der Waals surface area contributed by atoms with Crippen molar-refractivity contribution in [1.82, 2.24) is 4.98 Å². The Morgan fingerprint density at radius 1 is 1.11 bits per heavy atom. The first kappa shape index (κ1) is 18.5. The Hall–Kier alpha value is -2.89. The normalized spacial score (nSPS) is 20.4. The molecule has 0 aliphatic carbocycles. The van der Waals surface area contributed by atoms with Crippen LogP contribution in [-0.4, -0.2) is 29.4 Å². The third kappa shape index (κ3) is 3.46. The van der Waals surface area contributed by atoms with Crippen molar-refractivity contribution in [2.75, 3.05) is 18.0 Å². The fourth-order valence-corrected chi connectivity index (χ4v) is 4.17. The van der Waals surface area contributed by atoms with Crippen LogP contribution in [0.25, 0.3) is 10.9 Å². The lowest BCUT2D eigenvalue weighted by Gasteiger charge is -2.36. The predicted octanol–water partition coefficient (Wildman–Crippen LogP) is 5.38. The molecule has 1 aliphatic rings. The van der Waals surface area contributed by atoms with Gasteiger partial charge in [-0.15, -0.1) is 0 Å². The average Bonchev–Trinajstić information content (AvgIpc) is 2.95. The van der Waals surface area contributed by atoms with Crippen LogP contribution in [0.3, 0.4) is 0 Å². The van der Waals surface area contributed by atoms with Gasteiger partial charge in [0, 0.05) is 30.8 Å². The van der Waals surface area contributed by atoms with Gasteiger partial charge in [0.15, 0.2) is 5.88 Å². The summed E-state index contributed by atoms with van der Waals surface area (Å²) in [7, 11) is 0. The zero-order valence-corrected chi connectivity index (χ0v) is 15.9. The number of rotatable bonds is 3. The molecule has 0 bridgehead atoms. The number of benzene rings is 2. The number of hydrogen-bond acceptors (Lipinski definition) is 3. The summed E-state index contributed by atoms with van der Waals surface area (Å²) >= 11 is 0. The van der Waals surface area contributed by atoms with Crippen molar-refractivity contribution in [1.29, 1.82) is 0 Å². The number of fused-ring (bicyclic) bond motifs is 1. The molecule has 2 unspecified atom stereocenters. The number of nitrogens with one attached hydrogen (secondary N) is 1. The molecule has 0 radical (unpaired) electrons. The summed E-state index contributed by atoms with van der Waals surface area (Å²) in [6.07, 6.45) is 2.52. The summed E-state index contributed by atoms with van der Waals surface area (Å²) in [5.41, 5.74) is 1.72. The molecule has 2 aromatic carbocycles. The van der Waals surface area contributed by atoms with E-state index >= 15 is 0 Å². The van der Waals surface area contributed by atoms with E-state index in [1.165, 1.54) is 18.3 Å². The van der Waals surface area contributed by atoms with Gasteiger partial charge in [-0.1, -0.05) is 19.9 Å². The van der Waals surface area contributed by atoms with E-state index < -0.39 is 5.82 Å². The monoisotopic (exact) mass is 383 g/mol. The largest absolute Gasteiger partial charge is 0.494 e. The molecule has 0 amide bonds. The molecule has 28 heavy (non-hydrogen) atoms.